The minimum atomic E-state index is -0.126. The summed E-state index contributed by atoms with van der Waals surface area (Å²) in [6.45, 7) is 4.15. The number of carbonyl (C=O) groups is 1. The summed E-state index contributed by atoms with van der Waals surface area (Å²) in [4.78, 5) is 14.9. The maximum atomic E-state index is 12.4. The van der Waals surface area contributed by atoms with E-state index in [-0.39, 0.29) is 5.91 Å². The van der Waals surface area contributed by atoms with Crippen LogP contribution in [0, 0.1) is 0 Å². The summed E-state index contributed by atoms with van der Waals surface area (Å²) in [5.41, 5.74) is 0.761. The van der Waals surface area contributed by atoms with Crippen molar-refractivity contribution in [2.45, 2.75) is 25.7 Å². The lowest BCUT2D eigenvalue weighted by atomic mass is 10.1. The highest BCUT2D eigenvalue weighted by Gasteiger charge is 2.14. The van der Waals surface area contributed by atoms with Gasteiger partial charge in [-0.05, 0) is 61.8 Å². The van der Waals surface area contributed by atoms with Crippen molar-refractivity contribution in [2.75, 3.05) is 26.2 Å². The van der Waals surface area contributed by atoms with E-state index in [0.29, 0.717) is 12.3 Å². The lowest BCUT2D eigenvalue weighted by Crippen LogP contribution is -2.33. The minimum Gasteiger partial charge on any atom is -0.451 e. The fourth-order valence-corrected chi connectivity index (χ4v) is 3.68. The molecule has 1 amide bonds. The Balaban J connectivity index is 1.39. The topological polar surface area (TPSA) is 45.5 Å². The molecule has 1 saturated heterocycles. The van der Waals surface area contributed by atoms with Crippen LogP contribution < -0.4 is 5.32 Å². The van der Waals surface area contributed by atoms with E-state index in [0.717, 1.165) is 34.7 Å². The first-order valence-corrected chi connectivity index (χ1v) is 9.23. The first kappa shape index (κ1) is 16.2. The number of nitrogens with zero attached hydrogens (tertiary/aromatic N) is 1. The highest BCUT2D eigenvalue weighted by molar-refractivity contribution is 6.08. The summed E-state index contributed by atoms with van der Waals surface area (Å²) in [6.07, 6.45) is 4.95. The van der Waals surface area contributed by atoms with Gasteiger partial charge in [0.15, 0.2) is 5.76 Å². The van der Waals surface area contributed by atoms with Crippen molar-refractivity contribution in [1.29, 1.82) is 0 Å². The quantitative estimate of drug-likeness (QED) is 0.711. The van der Waals surface area contributed by atoms with E-state index in [2.05, 4.69) is 22.3 Å². The summed E-state index contributed by atoms with van der Waals surface area (Å²) in [5, 5.41) is 6.26. The highest BCUT2D eigenvalue weighted by Crippen LogP contribution is 2.28. The molecule has 4 heteroatoms. The van der Waals surface area contributed by atoms with E-state index in [1.807, 2.05) is 30.3 Å². The summed E-state index contributed by atoms with van der Waals surface area (Å²) in [7, 11) is 0. The number of furan rings is 1. The van der Waals surface area contributed by atoms with Crippen LogP contribution in [0.4, 0.5) is 0 Å². The fourth-order valence-electron chi connectivity index (χ4n) is 3.68. The van der Waals surface area contributed by atoms with Gasteiger partial charge in [0.1, 0.15) is 5.58 Å². The molecule has 0 bridgehead atoms. The van der Waals surface area contributed by atoms with Gasteiger partial charge in [0.25, 0.3) is 5.91 Å². The van der Waals surface area contributed by atoms with Crippen LogP contribution >= 0.6 is 0 Å². The van der Waals surface area contributed by atoms with E-state index in [1.165, 1.54) is 32.4 Å². The van der Waals surface area contributed by atoms with Crippen molar-refractivity contribution in [3.05, 3.63) is 48.2 Å². The molecular weight excluding hydrogens is 312 g/mol. The van der Waals surface area contributed by atoms with Gasteiger partial charge >= 0.3 is 0 Å². The third-order valence-corrected chi connectivity index (χ3v) is 5.04. The van der Waals surface area contributed by atoms with Gasteiger partial charge in [-0.25, -0.2) is 0 Å². The molecule has 130 valence electrons. The van der Waals surface area contributed by atoms with Gasteiger partial charge in [-0.2, -0.15) is 0 Å². The highest BCUT2D eigenvalue weighted by atomic mass is 16.3. The number of hydrogen-bond donors (Lipinski definition) is 1. The van der Waals surface area contributed by atoms with Gasteiger partial charge in [0.05, 0.1) is 0 Å². The Bertz CT molecular complexity index is 878. The van der Waals surface area contributed by atoms with Crippen molar-refractivity contribution < 1.29 is 9.21 Å². The number of nitrogens with one attached hydrogen (secondary N) is 1. The molecular formula is C21H24N2O2. The maximum Gasteiger partial charge on any atom is 0.287 e. The Labute approximate surface area is 147 Å². The van der Waals surface area contributed by atoms with Crippen LogP contribution in [0.15, 0.2) is 46.9 Å². The molecule has 1 N–H and O–H groups in total. The molecule has 0 saturated carbocycles. The largest absolute Gasteiger partial charge is 0.451 e. The van der Waals surface area contributed by atoms with Gasteiger partial charge in [0, 0.05) is 11.9 Å². The molecule has 1 aromatic heterocycles. The van der Waals surface area contributed by atoms with E-state index in [9.17, 15) is 4.79 Å². The minimum absolute atomic E-state index is 0.126. The molecule has 4 nitrogen and oxygen atoms in total. The molecule has 2 aromatic carbocycles. The average molecular weight is 336 g/mol. The average Bonchev–Trinajstić information content (AvgIpc) is 3.11. The number of piperidine rings is 1. The van der Waals surface area contributed by atoms with E-state index < -0.39 is 0 Å². The molecule has 0 unspecified atom stereocenters. The lowest BCUT2D eigenvalue weighted by molar-refractivity contribution is 0.0925. The van der Waals surface area contributed by atoms with Gasteiger partial charge in [-0.1, -0.05) is 36.8 Å². The Hall–Kier alpha value is -2.33. The van der Waals surface area contributed by atoms with Crippen LogP contribution in [0.3, 0.4) is 0 Å². The molecule has 3 aromatic rings. The zero-order chi connectivity index (χ0) is 17.1. The number of fused-ring (bicyclic) bond motifs is 3. The molecule has 0 spiro atoms. The third kappa shape index (κ3) is 3.54. The van der Waals surface area contributed by atoms with Gasteiger partial charge < -0.3 is 14.6 Å². The number of amides is 1. The van der Waals surface area contributed by atoms with Gasteiger partial charge in [-0.15, -0.1) is 0 Å². The molecule has 25 heavy (non-hydrogen) atoms. The van der Waals surface area contributed by atoms with E-state index in [1.54, 1.807) is 0 Å². The van der Waals surface area contributed by atoms with Crippen molar-refractivity contribution in [3.63, 3.8) is 0 Å². The molecule has 4 rings (SSSR count). The molecule has 1 aliphatic rings. The van der Waals surface area contributed by atoms with Crippen LogP contribution in [0.5, 0.6) is 0 Å². The normalized spacial score (nSPS) is 15.7. The second kappa shape index (κ2) is 7.28. The lowest BCUT2D eigenvalue weighted by Gasteiger charge is -2.26. The summed E-state index contributed by atoms with van der Waals surface area (Å²) in [5.74, 6) is 0.267. The first-order valence-electron chi connectivity index (χ1n) is 9.23. The van der Waals surface area contributed by atoms with E-state index in [4.69, 9.17) is 4.42 Å². The number of hydrogen-bond acceptors (Lipinski definition) is 3. The van der Waals surface area contributed by atoms with Crippen LogP contribution in [0.1, 0.15) is 36.2 Å². The first-order chi connectivity index (χ1) is 12.3. The number of benzene rings is 2. The van der Waals surface area contributed by atoms with Crippen LogP contribution in [0.2, 0.25) is 0 Å². The van der Waals surface area contributed by atoms with Crippen LogP contribution in [0.25, 0.3) is 21.7 Å². The van der Waals surface area contributed by atoms with Crippen molar-refractivity contribution >= 4 is 27.6 Å². The second-order valence-corrected chi connectivity index (χ2v) is 6.82. The van der Waals surface area contributed by atoms with Crippen molar-refractivity contribution in [2.24, 2.45) is 0 Å². The Morgan fingerprint density at radius 1 is 1.04 bits per heavy atom. The number of carbonyl (C=O) groups excluding carboxylic acids is 1. The SMILES string of the molecule is O=C(NCCCN1CCCCC1)c1cc2c(ccc3ccccc32)o1. The Morgan fingerprint density at radius 2 is 1.88 bits per heavy atom. The van der Waals surface area contributed by atoms with Crippen LogP contribution in [-0.2, 0) is 0 Å². The van der Waals surface area contributed by atoms with Gasteiger partial charge in [0.2, 0.25) is 0 Å². The fraction of sp³-hybridized carbons (Fsp3) is 0.381. The monoisotopic (exact) mass is 336 g/mol. The summed E-state index contributed by atoms with van der Waals surface area (Å²) in [6, 6.07) is 14.0. The standard InChI is InChI=1S/C21H24N2O2/c24-21(22-11-6-14-23-12-4-1-5-13-23)20-15-18-17-8-3-2-7-16(17)9-10-19(18)25-20/h2-3,7-10,15H,1,4-6,11-14H2,(H,22,24). The van der Waals surface area contributed by atoms with Crippen molar-refractivity contribution in [3.8, 4) is 0 Å². The van der Waals surface area contributed by atoms with Crippen LogP contribution in [-0.4, -0.2) is 37.0 Å². The molecule has 0 atom stereocenters. The second-order valence-electron chi connectivity index (χ2n) is 6.82. The smallest absolute Gasteiger partial charge is 0.287 e. The molecule has 0 aliphatic carbocycles. The molecule has 0 radical (unpaired) electrons. The molecule has 1 fully saturated rings. The number of likely N-dealkylation sites (tertiary alicyclic amines) is 1. The maximum absolute atomic E-state index is 12.4. The zero-order valence-corrected chi connectivity index (χ0v) is 14.5. The predicted molar refractivity (Wildman–Crippen MR) is 101 cm³/mol. The summed E-state index contributed by atoms with van der Waals surface area (Å²) >= 11 is 0. The predicted octanol–water partition coefficient (Wildman–Crippen LogP) is 4.19. The Morgan fingerprint density at radius 3 is 2.76 bits per heavy atom. The number of rotatable bonds is 5. The zero-order valence-electron chi connectivity index (χ0n) is 14.5. The summed E-state index contributed by atoms with van der Waals surface area (Å²) < 4.78 is 5.76. The third-order valence-electron chi connectivity index (χ3n) is 5.04. The molecule has 1 aliphatic heterocycles. The Kier molecular flexibility index (Phi) is 4.70. The molecule has 2 heterocycles. The van der Waals surface area contributed by atoms with E-state index >= 15 is 0 Å². The van der Waals surface area contributed by atoms with Crippen molar-refractivity contribution in [1.82, 2.24) is 10.2 Å². The van der Waals surface area contributed by atoms with Gasteiger partial charge in [-0.3, -0.25) is 4.79 Å².